The van der Waals surface area contributed by atoms with Crippen LogP contribution in [0.2, 0.25) is 0 Å². The van der Waals surface area contributed by atoms with Gasteiger partial charge in [0.2, 0.25) is 0 Å². The summed E-state index contributed by atoms with van der Waals surface area (Å²) in [5.41, 5.74) is 0.819. The first-order chi connectivity index (χ1) is 9.25. The van der Waals surface area contributed by atoms with Gasteiger partial charge < -0.3 is 10.2 Å². The summed E-state index contributed by atoms with van der Waals surface area (Å²) >= 11 is 0. The van der Waals surface area contributed by atoms with Gasteiger partial charge in [-0.15, -0.1) is 0 Å². The van der Waals surface area contributed by atoms with Crippen molar-refractivity contribution in [2.75, 3.05) is 6.61 Å². The van der Waals surface area contributed by atoms with Crippen LogP contribution in [0.5, 0.6) is 0 Å². The molecule has 1 rings (SSSR count). The summed E-state index contributed by atoms with van der Waals surface area (Å²) in [5, 5.41) is 19.6. The molecule has 0 spiro atoms. The first-order valence-electron chi connectivity index (χ1n) is 8.22. The molecule has 2 nitrogen and oxygen atoms in total. The lowest BCUT2D eigenvalue weighted by Gasteiger charge is -2.24. The molecular weight excluding hydrogens is 236 g/mol. The largest absolute Gasteiger partial charge is 0.393 e. The number of hydrogen-bond donors (Lipinski definition) is 2. The summed E-state index contributed by atoms with van der Waals surface area (Å²) in [7, 11) is 0. The van der Waals surface area contributed by atoms with Crippen LogP contribution in [0.4, 0.5) is 0 Å². The van der Waals surface area contributed by atoms with Crippen LogP contribution < -0.4 is 0 Å². The van der Waals surface area contributed by atoms with Crippen molar-refractivity contribution >= 4 is 0 Å². The Morgan fingerprint density at radius 2 is 1.21 bits per heavy atom. The van der Waals surface area contributed by atoms with Gasteiger partial charge >= 0.3 is 0 Å². The Kier molecular flexibility index (Phi) is 9.19. The van der Waals surface area contributed by atoms with E-state index in [0.29, 0.717) is 0 Å². The van der Waals surface area contributed by atoms with E-state index in [0.717, 1.165) is 31.3 Å². The lowest BCUT2D eigenvalue weighted by molar-refractivity contribution is 0.1000. The van der Waals surface area contributed by atoms with Crippen LogP contribution in [0.1, 0.15) is 77.0 Å². The molecule has 112 valence electrons. The van der Waals surface area contributed by atoms with Crippen molar-refractivity contribution in [2.24, 2.45) is 5.92 Å². The number of aliphatic hydroxyl groups is 2. The lowest BCUT2D eigenvalue weighted by Crippen LogP contribution is -2.23. The zero-order valence-electron chi connectivity index (χ0n) is 12.4. The van der Waals surface area contributed by atoms with E-state index in [1.807, 2.05) is 0 Å². The van der Waals surface area contributed by atoms with E-state index in [4.69, 9.17) is 0 Å². The average Bonchev–Trinajstić information content (AvgIpc) is 2.42. The fourth-order valence-electron chi connectivity index (χ4n) is 3.12. The van der Waals surface area contributed by atoms with Gasteiger partial charge in [-0.1, -0.05) is 70.8 Å². The monoisotopic (exact) mass is 268 g/mol. The molecule has 0 saturated heterocycles. The fourth-order valence-corrected chi connectivity index (χ4v) is 3.12. The molecule has 0 radical (unpaired) electrons. The number of hydrogen-bond acceptors (Lipinski definition) is 2. The van der Waals surface area contributed by atoms with Crippen LogP contribution in [0.25, 0.3) is 0 Å². The summed E-state index contributed by atoms with van der Waals surface area (Å²) in [6.45, 7) is 3.95. The Balaban J connectivity index is 2.45. The van der Waals surface area contributed by atoms with Crippen LogP contribution in [0.15, 0.2) is 12.2 Å². The molecule has 2 N–H and O–H groups in total. The van der Waals surface area contributed by atoms with Crippen molar-refractivity contribution in [3.63, 3.8) is 0 Å². The van der Waals surface area contributed by atoms with Crippen molar-refractivity contribution < 1.29 is 10.2 Å². The molecule has 0 amide bonds. The molecule has 1 aliphatic rings. The number of aliphatic hydroxyl groups excluding tert-OH is 2. The molecule has 2 heteroatoms. The first kappa shape index (κ1) is 16.7. The van der Waals surface area contributed by atoms with E-state index in [9.17, 15) is 10.2 Å². The minimum atomic E-state index is -0.303. The van der Waals surface area contributed by atoms with Gasteiger partial charge in [0.15, 0.2) is 0 Å². The predicted molar refractivity (Wildman–Crippen MR) is 81.1 cm³/mol. The smallest absolute Gasteiger partial charge is 0.0642 e. The maximum absolute atomic E-state index is 10.3. The highest BCUT2D eigenvalue weighted by atomic mass is 16.3. The summed E-state index contributed by atoms with van der Waals surface area (Å²) in [6, 6.07) is 0. The van der Waals surface area contributed by atoms with Gasteiger partial charge in [0.05, 0.1) is 12.7 Å². The molecule has 0 heterocycles. The zero-order valence-corrected chi connectivity index (χ0v) is 12.4. The molecule has 0 aromatic carbocycles. The van der Waals surface area contributed by atoms with Crippen LogP contribution in [-0.4, -0.2) is 22.9 Å². The summed E-state index contributed by atoms with van der Waals surface area (Å²) in [4.78, 5) is 0. The maximum atomic E-state index is 10.3. The SMILES string of the molecule is C=C(CO)C1CCCCCCCCCCCC[C@@H]1O. The molecule has 0 aromatic heterocycles. The molecule has 19 heavy (non-hydrogen) atoms. The van der Waals surface area contributed by atoms with Crippen LogP contribution in [-0.2, 0) is 0 Å². The van der Waals surface area contributed by atoms with Crippen molar-refractivity contribution in [1.82, 2.24) is 0 Å². The summed E-state index contributed by atoms with van der Waals surface area (Å²) < 4.78 is 0. The van der Waals surface area contributed by atoms with Gasteiger partial charge in [0.1, 0.15) is 0 Å². The molecule has 0 aromatic rings. The average molecular weight is 268 g/mol. The van der Waals surface area contributed by atoms with E-state index < -0.39 is 0 Å². The van der Waals surface area contributed by atoms with Crippen molar-refractivity contribution in [2.45, 2.75) is 83.2 Å². The Morgan fingerprint density at radius 1 is 0.789 bits per heavy atom. The Labute approximate surface area is 118 Å². The van der Waals surface area contributed by atoms with Crippen LogP contribution >= 0.6 is 0 Å². The maximum Gasteiger partial charge on any atom is 0.0642 e. The van der Waals surface area contributed by atoms with E-state index >= 15 is 0 Å². The third-order valence-corrected chi connectivity index (χ3v) is 4.46. The molecule has 1 saturated carbocycles. The fraction of sp³-hybridized carbons (Fsp3) is 0.882. The van der Waals surface area contributed by atoms with E-state index in [-0.39, 0.29) is 18.6 Å². The third kappa shape index (κ3) is 7.12. The van der Waals surface area contributed by atoms with Crippen molar-refractivity contribution in [1.29, 1.82) is 0 Å². The standard InChI is InChI=1S/C17H32O2/c1-15(14-18)16-12-10-8-6-4-2-3-5-7-9-11-13-17(16)19/h16-19H,1-14H2/t16?,17-/m0/s1. The van der Waals surface area contributed by atoms with E-state index in [1.165, 1.54) is 51.4 Å². The van der Waals surface area contributed by atoms with Crippen molar-refractivity contribution in [3.05, 3.63) is 12.2 Å². The van der Waals surface area contributed by atoms with Gasteiger partial charge in [0.25, 0.3) is 0 Å². The molecule has 1 aliphatic carbocycles. The minimum Gasteiger partial charge on any atom is -0.393 e. The van der Waals surface area contributed by atoms with Gasteiger partial charge in [-0.2, -0.15) is 0 Å². The second-order valence-corrected chi connectivity index (χ2v) is 6.10. The van der Waals surface area contributed by atoms with Crippen LogP contribution in [0.3, 0.4) is 0 Å². The van der Waals surface area contributed by atoms with Crippen molar-refractivity contribution in [3.8, 4) is 0 Å². The first-order valence-corrected chi connectivity index (χ1v) is 8.22. The third-order valence-electron chi connectivity index (χ3n) is 4.46. The van der Waals surface area contributed by atoms with Gasteiger partial charge in [-0.05, 0) is 18.4 Å². The van der Waals surface area contributed by atoms with E-state index in [2.05, 4.69) is 6.58 Å². The second kappa shape index (κ2) is 10.4. The number of rotatable bonds is 2. The minimum absolute atomic E-state index is 0.0156. The molecule has 1 fully saturated rings. The zero-order chi connectivity index (χ0) is 13.9. The lowest BCUT2D eigenvalue weighted by atomic mass is 9.86. The Morgan fingerprint density at radius 3 is 1.68 bits per heavy atom. The van der Waals surface area contributed by atoms with Crippen LogP contribution in [0, 0.1) is 5.92 Å². The Hall–Kier alpha value is -0.340. The highest BCUT2D eigenvalue weighted by Crippen LogP contribution is 2.25. The van der Waals surface area contributed by atoms with Gasteiger partial charge in [-0.25, -0.2) is 0 Å². The van der Waals surface area contributed by atoms with Gasteiger partial charge in [0, 0.05) is 5.92 Å². The topological polar surface area (TPSA) is 40.5 Å². The second-order valence-electron chi connectivity index (χ2n) is 6.10. The highest BCUT2D eigenvalue weighted by Gasteiger charge is 2.21. The molecular formula is C17H32O2. The molecule has 0 bridgehead atoms. The van der Waals surface area contributed by atoms with E-state index in [1.54, 1.807) is 0 Å². The normalized spacial score (nSPS) is 28.5. The Bertz CT molecular complexity index is 237. The molecule has 1 unspecified atom stereocenters. The van der Waals surface area contributed by atoms with Gasteiger partial charge in [-0.3, -0.25) is 0 Å². The molecule has 2 atom stereocenters. The summed E-state index contributed by atoms with van der Waals surface area (Å²) in [5.74, 6) is 0.105. The quantitative estimate of drug-likeness (QED) is 0.737. The summed E-state index contributed by atoms with van der Waals surface area (Å²) in [6.07, 6.45) is 14.4. The predicted octanol–water partition coefficient (Wildman–Crippen LogP) is 4.21. The highest BCUT2D eigenvalue weighted by molar-refractivity contribution is 5.03. The molecule has 0 aliphatic heterocycles.